The van der Waals surface area contributed by atoms with E-state index in [2.05, 4.69) is 10.6 Å². The maximum Gasteiger partial charge on any atom is 0.233 e. The summed E-state index contributed by atoms with van der Waals surface area (Å²) in [6, 6.07) is 14.6. The molecule has 26 heavy (non-hydrogen) atoms. The molecular formula is C20H23ClN2O3. The molecule has 0 fully saturated rings. The van der Waals surface area contributed by atoms with Gasteiger partial charge in [0.15, 0.2) is 0 Å². The third-order valence-corrected chi connectivity index (χ3v) is 3.75. The van der Waals surface area contributed by atoms with Crippen molar-refractivity contribution in [2.24, 2.45) is 0 Å². The molecule has 0 aliphatic heterocycles. The molecule has 138 valence electrons. The quantitative estimate of drug-likeness (QED) is 0.690. The minimum absolute atomic E-state index is 0.00998. The first-order chi connectivity index (χ1) is 12.4. The number of anilines is 1. The van der Waals surface area contributed by atoms with Crippen molar-refractivity contribution in [2.45, 2.75) is 32.8 Å². The van der Waals surface area contributed by atoms with Crippen LogP contribution in [0.1, 0.15) is 25.8 Å². The molecular weight excluding hydrogens is 352 g/mol. The van der Waals surface area contributed by atoms with Gasteiger partial charge in [-0.15, -0.1) is 0 Å². The Kier molecular flexibility index (Phi) is 7.48. The Bertz CT molecular complexity index is 745. The molecule has 0 atom stereocenters. The minimum Gasteiger partial charge on any atom is -0.489 e. The van der Waals surface area contributed by atoms with E-state index >= 15 is 0 Å². The molecule has 0 bridgehead atoms. The number of ether oxygens (including phenoxy) is 1. The second-order valence-corrected chi connectivity index (χ2v) is 6.55. The van der Waals surface area contributed by atoms with Crippen molar-refractivity contribution in [3.63, 3.8) is 0 Å². The van der Waals surface area contributed by atoms with Crippen LogP contribution in [0, 0.1) is 0 Å². The lowest BCUT2D eigenvalue weighted by Crippen LogP contribution is -2.29. The number of nitrogens with one attached hydrogen (secondary N) is 2. The fraction of sp³-hybridized carbons (Fsp3) is 0.300. The first-order valence-electron chi connectivity index (χ1n) is 8.50. The lowest BCUT2D eigenvalue weighted by Gasteiger charge is -2.14. The van der Waals surface area contributed by atoms with Crippen molar-refractivity contribution < 1.29 is 14.3 Å². The van der Waals surface area contributed by atoms with Crippen molar-refractivity contribution in [3.8, 4) is 5.75 Å². The number of benzene rings is 2. The number of para-hydroxylation sites is 2. The summed E-state index contributed by atoms with van der Waals surface area (Å²) in [6.45, 7) is 4.28. The van der Waals surface area contributed by atoms with Gasteiger partial charge in [0.1, 0.15) is 12.2 Å². The second-order valence-electron chi connectivity index (χ2n) is 6.11. The average molecular weight is 375 g/mol. The van der Waals surface area contributed by atoms with Crippen molar-refractivity contribution in [1.82, 2.24) is 5.32 Å². The van der Waals surface area contributed by atoms with Crippen LogP contribution >= 0.6 is 11.6 Å². The van der Waals surface area contributed by atoms with E-state index in [1.165, 1.54) is 0 Å². The monoisotopic (exact) mass is 374 g/mol. The van der Waals surface area contributed by atoms with Crippen LogP contribution in [-0.2, 0) is 16.0 Å². The van der Waals surface area contributed by atoms with Crippen LogP contribution in [0.25, 0.3) is 0 Å². The molecule has 6 heteroatoms. The Hall–Kier alpha value is -2.53. The zero-order valence-corrected chi connectivity index (χ0v) is 15.7. The predicted octanol–water partition coefficient (Wildman–Crippen LogP) is 3.81. The molecule has 0 saturated carbocycles. The fourth-order valence-corrected chi connectivity index (χ4v) is 2.45. The Morgan fingerprint density at radius 3 is 2.42 bits per heavy atom. The highest BCUT2D eigenvalue weighted by molar-refractivity contribution is 6.30. The second kappa shape index (κ2) is 9.82. The third-order valence-electron chi connectivity index (χ3n) is 3.49. The van der Waals surface area contributed by atoms with Crippen LogP contribution in [0.5, 0.6) is 5.75 Å². The van der Waals surface area contributed by atoms with Crippen LogP contribution in [0.15, 0.2) is 48.5 Å². The number of hydrogen-bond donors (Lipinski definition) is 2. The van der Waals surface area contributed by atoms with Crippen LogP contribution in [0.4, 0.5) is 5.69 Å². The van der Waals surface area contributed by atoms with Crippen LogP contribution < -0.4 is 15.4 Å². The van der Waals surface area contributed by atoms with Gasteiger partial charge < -0.3 is 15.4 Å². The van der Waals surface area contributed by atoms with Crippen molar-refractivity contribution >= 4 is 29.1 Å². The molecule has 5 nitrogen and oxygen atoms in total. The van der Waals surface area contributed by atoms with Gasteiger partial charge in [-0.05, 0) is 50.1 Å². The summed E-state index contributed by atoms with van der Waals surface area (Å²) in [7, 11) is 0. The summed E-state index contributed by atoms with van der Waals surface area (Å²) in [5, 5.41) is 6.14. The zero-order chi connectivity index (χ0) is 18.9. The topological polar surface area (TPSA) is 67.4 Å². The van der Waals surface area contributed by atoms with Gasteiger partial charge in [0.05, 0.1) is 11.8 Å². The number of carbonyl (C=O) groups is 2. The molecule has 0 aliphatic rings. The molecule has 0 unspecified atom stereocenters. The molecule has 0 aromatic heterocycles. The molecule has 2 amide bonds. The van der Waals surface area contributed by atoms with E-state index in [0.717, 1.165) is 5.56 Å². The molecule has 2 rings (SSSR count). The van der Waals surface area contributed by atoms with E-state index in [-0.39, 0.29) is 24.3 Å². The maximum atomic E-state index is 12.1. The Labute approximate surface area is 158 Å². The average Bonchev–Trinajstić information content (AvgIpc) is 2.58. The molecule has 2 N–H and O–H groups in total. The van der Waals surface area contributed by atoms with Gasteiger partial charge in [-0.1, -0.05) is 35.9 Å². The summed E-state index contributed by atoms with van der Waals surface area (Å²) in [5.74, 6) is -0.119. The molecule has 2 aromatic rings. The maximum absolute atomic E-state index is 12.1. The summed E-state index contributed by atoms with van der Waals surface area (Å²) in [4.78, 5) is 24.0. The largest absolute Gasteiger partial charge is 0.489 e. The summed E-state index contributed by atoms with van der Waals surface area (Å²) in [6.07, 6.45) is 0.427. The van der Waals surface area contributed by atoms with Crippen molar-refractivity contribution in [1.29, 1.82) is 0 Å². The molecule has 0 saturated heterocycles. The summed E-state index contributed by atoms with van der Waals surface area (Å²) in [5.41, 5.74) is 1.62. The number of halogens is 1. The molecule has 0 spiro atoms. The summed E-state index contributed by atoms with van der Waals surface area (Å²) >= 11 is 5.84. The highest BCUT2D eigenvalue weighted by atomic mass is 35.5. The predicted molar refractivity (Wildman–Crippen MR) is 104 cm³/mol. The van der Waals surface area contributed by atoms with Gasteiger partial charge >= 0.3 is 0 Å². The molecule has 0 aliphatic carbocycles. The lowest BCUT2D eigenvalue weighted by atomic mass is 10.1. The van der Waals surface area contributed by atoms with Gasteiger partial charge in [-0.25, -0.2) is 0 Å². The molecule has 0 heterocycles. The Morgan fingerprint density at radius 1 is 1.04 bits per heavy atom. The SMILES string of the molecule is CC(C)Oc1ccccc1NC(=O)CC(=O)NCCc1ccc(Cl)cc1. The van der Waals surface area contributed by atoms with E-state index in [9.17, 15) is 9.59 Å². The lowest BCUT2D eigenvalue weighted by molar-refractivity contribution is -0.126. The fourth-order valence-electron chi connectivity index (χ4n) is 2.33. The van der Waals surface area contributed by atoms with Gasteiger partial charge in [0, 0.05) is 11.6 Å². The van der Waals surface area contributed by atoms with Gasteiger partial charge in [-0.3, -0.25) is 9.59 Å². The van der Waals surface area contributed by atoms with E-state index < -0.39 is 0 Å². The number of carbonyl (C=O) groups excluding carboxylic acids is 2. The summed E-state index contributed by atoms with van der Waals surface area (Å²) < 4.78 is 5.65. The van der Waals surface area contributed by atoms with E-state index in [4.69, 9.17) is 16.3 Å². The molecule has 0 radical (unpaired) electrons. The van der Waals surface area contributed by atoms with Crippen LogP contribution in [0.3, 0.4) is 0 Å². The highest BCUT2D eigenvalue weighted by Crippen LogP contribution is 2.24. The van der Waals surface area contributed by atoms with Gasteiger partial charge in [-0.2, -0.15) is 0 Å². The first-order valence-corrected chi connectivity index (χ1v) is 8.88. The number of amides is 2. The molecule has 2 aromatic carbocycles. The van der Waals surface area contributed by atoms with Crippen molar-refractivity contribution in [3.05, 3.63) is 59.1 Å². The first kappa shape index (κ1) is 19.8. The highest BCUT2D eigenvalue weighted by Gasteiger charge is 2.12. The van der Waals surface area contributed by atoms with Gasteiger partial charge in [0.2, 0.25) is 11.8 Å². The van der Waals surface area contributed by atoms with Crippen LogP contribution in [-0.4, -0.2) is 24.5 Å². The van der Waals surface area contributed by atoms with Crippen LogP contribution in [0.2, 0.25) is 5.02 Å². The van der Waals surface area contributed by atoms with Gasteiger partial charge in [0.25, 0.3) is 0 Å². The third kappa shape index (κ3) is 6.76. The van der Waals surface area contributed by atoms with E-state index in [1.54, 1.807) is 18.2 Å². The normalized spacial score (nSPS) is 10.5. The zero-order valence-electron chi connectivity index (χ0n) is 14.9. The van der Waals surface area contributed by atoms with E-state index in [0.29, 0.717) is 29.4 Å². The smallest absolute Gasteiger partial charge is 0.233 e. The number of hydrogen-bond acceptors (Lipinski definition) is 3. The van der Waals surface area contributed by atoms with E-state index in [1.807, 2.05) is 44.2 Å². The Morgan fingerprint density at radius 2 is 1.73 bits per heavy atom. The standard InChI is InChI=1S/C20H23ClN2O3/c1-14(2)26-18-6-4-3-5-17(18)23-20(25)13-19(24)22-12-11-15-7-9-16(21)10-8-15/h3-10,14H,11-13H2,1-2H3,(H,22,24)(H,23,25). The number of rotatable bonds is 8. The Balaban J connectivity index is 1.78. The minimum atomic E-state index is -0.381. The van der Waals surface area contributed by atoms with Crippen molar-refractivity contribution in [2.75, 3.05) is 11.9 Å².